The zero-order valence-corrected chi connectivity index (χ0v) is 11.9. The number of carbonyl (C=O) groups excluding carboxylic acids is 1. The first-order chi connectivity index (χ1) is 9.06. The molecule has 0 unspecified atom stereocenters. The lowest BCUT2D eigenvalue weighted by atomic mass is 10.1. The number of rotatable bonds is 5. The van der Waals surface area contributed by atoms with Crippen LogP contribution in [0.5, 0.6) is 0 Å². The van der Waals surface area contributed by atoms with E-state index >= 15 is 0 Å². The van der Waals surface area contributed by atoms with Crippen molar-refractivity contribution in [3.63, 3.8) is 0 Å². The van der Waals surface area contributed by atoms with Crippen LogP contribution in [0, 0.1) is 0 Å². The molecule has 19 heavy (non-hydrogen) atoms. The maximum absolute atomic E-state index is 10.7. The van der Waals surface area contributed by atoms with Gasteiger partial charge in [-0.25, -0.2) is 0 Å². The highest BCUT2D eigenvalue weighted by Crippen LogP contribution is 2.17. The number of primary amides is 1. The van der Waals surface area contributed by atoms with Crippen molar-refractivity contribution < 1.29 is 4.79 Å². The van der Waals surface area contributed by atoms with Gasteiger partial charge in [0, 0.05) is 18.5 Å². The second-order valence-corrected chi connectivity index (χ2v) is 5.39. The average molecular weight is 297 g/mol. The summed E-state index contributed by atoms with van der Waals surface area (Å²) < 4.78 is 1.86. The molecule has 7 heteroatoms. The van der Waals surface area contributed by atoms with Crippen molar-refractivity contribution in [2.45, 2.75) is 11.6 Å². The van der Waals surface area contributed by atoms with E-state index in [1.54, 1.807) is 0 Å². The molecule has 0 atom stereocenters. The highest BCUT2D eigenvalue weighted by Gasteiger charge is 2.10. The van der Waals surface area contributed by atoms with Gasteiger partial charge in [-0.15, -0.1) is 10.2 Å². The molecule has 0 saturated carbocycles. The van der Waals surface area contributed by atoms with Gasteiger partial charge in [0.25, 0.3) is 0 Å². The molecule has 0 bridgehead atoms. The van der Waals surface area contributed by atoms with Crippen molar-refractivity contribution >= 4 is 29.3 Å². The number of hydrogen-bond acceptors (Lipinski definition) is 4. The van der Waals surface area contributed by atoms with Gasteiger partial charge in [0.2, 0.25) is 5.91 Å². The molecule has 0 aliphatic heterocycles. The first-order valence-corrected chi connectivity index (χ1v) is 6.96. The second kappa shape index (κ2) is 6.08. The molecule has 0 aliphatic rings. The van der Waals surface area contributed by atoms with Crippen LogP contribution in [0.2, 0.25) is 5.02 Å². The second-order valence-electron chi connectivity index (χ2n) is 4.02. The van der Waals surface area contributed by atoms with Crippen LogP contribution >= 0.6 is 23.4 Å². The van der Waals surface area contributed by atoms with Gasteiger partial charge in [-0.1, -0.05) is 35.5 Å². The molecule has 5 nitrogen and oxygen atoms in total. The Balaban J connectivity index is 2.09. The standard InChI is InChI=1S/C12H13ClN4OS/c1-17-11(6-8-2-4-9(13)5-3-8)15-16-12(17)19-7-10(14)18/h2-5H,6-7H2,1H3,(H2,14,18). The van der Waals surface area contributed by atoms with Crippen molar-refractivity contribution in [3.05, 3.63) is 40.7 Å². The number of amides is 1. The van der Waals surface area contributed by atoms with Crippen molar-refractivity contribution in [1.29, 1.82) is 0 Å². The number of nitrogens with two attached hydrogens (primary N) is 1. The van der Waals surface area contributed by atoms with Crippen LogP contribution in [0.1, 0.15) is 11.4 Å². The number of carbonyl (C=O) groups is 1. The lowest BCUT2D eigenvalue weighted by molar-refractivity contribution is -0.115. The van der Waals surface area contributed by atoms with E-state index in [1.165, 1.54) is 11.8 Å². The summed E-state index contributed by atoms with van der Waals surface area (Å²) in [5.74, 6) is 0.661. The Hall–Kier alpha value is -1.53. The molecule has 1 amide bonds. The van der Waals surface area contributed by atoms with Crippen LogP contribution < -0.4 is 5.73 Å². The number of nitrogens with zero attached hydrogens (tertiary/aromatic N) is 3. The molecule has 0 fully saturated rings. The van der Waals surface area contributed by atoms with Gasteiger partial charge in [0.15, 0.2) is 5.16 Å². The highest BCUT2D eigenvalue weighted by atomic mass is 35.5. The van der Waals surface area contributed by atoms with E-state index in [-0.39, 0.29) is 11.7 Å². The Morgan fingerprint density at radius 3 is 2.68 bits per heavy atom. The van der Waals surface area contributed by atoms with Crippen molar-refractivity contribution in [1.82, 2.24) is 14.8 Å². The van der Waals surface area contributed by atoms with Gasteiger partial charge in [-0.3, -0.25) is 4.79 Å². The summed E-state index contributed by atoms with van der Waals surface area (Å²) >= 11 is 7.12. The third-order valence-electron chi connectivity index (χ3n) is 2.54. The van der Waals surface area contributed by atoms with Gasteiger partial charge < -0.3 is 10.3 Å². The minimum atomic E-state index is -0.368. The number of hydrogen-bond donors (Lipinski definition) is 1. The largest absolute Gasteiger partial charge is 0.369 e. The summed E-state index contributed by atoms with van der Waals surface area (Å²) in [4.78, 5) is 10.7. The van der Waals surface area contributed by atoms with E-state index < -0.39 is 0 Å². The maximum atomic E-state index is 10.7. The summed E-state index contributed by atoms with van der Waals surface area (Å²) in [5.41, 5.74) is 6.21. The Morgan fingerprint density at radius 1 is 1.37 bits per heavy atom. The van der Waals surface area contributed by atoms with Gasteiger partial charge in [0.1, 0.15) is 5.82 Å². The quantitative estimate of drug-likeness (QED) is 0.851. The Morgan fingerprint density at radius 2 is 2.05 bits per heavy atom. The summed E-state index contributed by atoms with van der Waals surface area (Å²) in [6.45, 7) is 0. The van der Waals surface area contributed by atoms with Gasteiger partial charge in [-0.05, 0) is 17.7 Å². The molecule has 1 heterocycles. The average Bonchev–Trinajstić information content (AvgIpc) is 2.71. The molecule has 2 N–H and O–H groups in total. The molecule has 0 aliphatic carbocycles. The number of benzene rings is 1. The molecule has 2 aromatic rings. The van der Waals surface area contributed by atoms with E-state index in [0.29, 0.717) is 16.6 Å². The normalized spacial score (nSPS) is 10.6. The van der Waals surface area contributed by atoms with E-state index in [9.17, 15) is 4.79 Å². The van der Waals surface area contributed by atoms with Crippen LogP contribution in [-0.2, 0) is 18.3 Å². The van der Waals surface area contributed by atoms with Gasteiger partial charge >= 0.3 is 0 Å². The third-order valence-corrected chi connectivity index (χ3v) is 3.84. The first-order valence-electron chi connectivity index (χ1n) is 5.60. The van der Waals surface area contributed by atoms with Crippen LogP contribution in [0.15, 0.2) is 29.4 Å². The van der Waals surface area contributed by atoms with Crippen LogP contribution in [0.3, 0.4) is 0 Å². The van der Waals surface area contributed by atoms with Crippen molar-refractivity contribution in [2.75, 3.05) is 5.75 Å². The molecule has 2 rings (SSSR count). The molecule has 0 radical (unpaired) electrons. The Labute approximate surface area is 120 Å². The van der Waals surface area contributed by atoms with Gasteiger partial charge in [-0.2, -0.15) is 0 Å². The monoisotopic (exact) mass is 296 g/mol. The number of thioether (sulfide) groups is 1. The summed E-state index contributed by atoms with van der Waals surface area (Å²) in [7, 11) is 1.87. The zero-order chi connectivity index (χ0) is 13.8. The smallest absolute Gasteiger partial charge is 0.227 e. The minimum absolute atomic E-state index is 0.201. The topological polar surface area (TPSA) is 73.8 Å². The molecular weight excluding hydrogens is 284 g/mol. The maximum Gasteiger partial charge on any atom is 0.227 e. The Kier molecular flexibility index (Phi) is 4.44. The van der Waals surface area contributed by atoms with E-state index in [2.05, 4.69) is 10.2 Å². The molecule has 100 valence electrons. The molecular formula is C12H13ClN4OS. The Bertz CT molecular complexity index is 582. The fourth-order valence-corrected chi connectivity index (χ4v) is 2.34. The zero-order valence-electron chi connectivity index (χ0n) is 10.3. The number of aromatic nitrogens is 3. The minimum Gasteiger partial charge on any atom is -0.369 e. The fraction of sp³-hybridized carbons (Fsp3) is 0.250. The van der Waals surface area contributed by atoms with Crippen LogP contribution in [0.25, 0.3) is 0 Å². The van der Waals surface area contributed by atoms with E-state index in [1.807, 2.05) is 35.9 Å². The molecule has 1 aromatic carbocycles. The predicted octanol–water partition coefficient (Wildman–Crippen LogP) is 1.64. The van der Waals surface area contributed by atoms with Crippen molar-refractivity contribution in [2.24, 2.45) is 12.8 Å². The lowest BCUT2D eigenvalue weighted by Crippen LogP contribution is -2.13. The molecule has 0 spiro atoms. The fourth-order valence-electron chi connectivity index (χ4n) is 1.55. The van der Waals surface area contributed by atoms with Crippen LogP contribution in [0.4, 0.5) is 0 Å². The summed E-state index contributed by atoms with van der Waals surface area (Å²) in [6.07, 6.45) is 0.664. The highest BCUT2D eigenvalue weighted by molar-refractivity contribution is 7.99. The SMILES string of the molecule is Cn1c(Cc2ccc(Cl)cc2)nnc1SCC(N)=O. The number of halogens is 1. The summed E-state index contributed by atoms with van der Waals surface area (Å²) in [5, 5.41) is 9.55. The predicted molar refractivity (Wildman–Crippen MR) is 75.2 cm³/mol. The molecule has 1 aromatic heterocycles. The van der Waals surface area contributed by atoms with E-state index in [0.717, 1.165) is 11.4 Å². The van der Waals surface area contributed by atoms with Crippen molar-refractivity contribution in [3.8, 4) is 0 Å². The third kappa shape index (κ3) is 3.71. The summed E-state index contributed by atoms with van der Waals surface area (Å²) in [6, 6.07) is 7.59. The lowest BCUT2D eigenvalue weighted by Gasteiger charge is -2.03. The van der Waals surface area contributed by atoms with Gasteiger partial charge in [0.05, 0.1) is 5.75 Å². The molecule has 0 saturated heterocycles. The van der Waals surface area contributed by atoms with E-state index in [4.69, 9.17) is 17.3 Å². The first kappa shape index (κ1) is 13.9. The van der Waals surface area contributed by atoms with Crippen LogP contribution in [-0.4, -0.2) is 26.4 Å².